The van der Waals surface area contributed by atoms with Crippen molar-refractivity contribution in [1.29, 1.82) is 0 Å². The Morgan fingerprint density at radius 3 is 2.25 bits per heavy atom. The molecule has 0 amide bonds. The molecule has 0 saturated heterocycles. The average molecular weight is 223 g/mol. The molecule has 2 rings (SSSR count). The molecule has 0 aliphatic heterocycles. The van der Waals surface area contributed by atoms with Gasteiger partial charge in [-0.1, -0.05) is 0 Å². The Balaban J connectivity index is 2.23. The lowest BCUT2D eigenvalue weighted by Crippen LogP contribution is -1.95. The van der Waals surface area contributed by atoms with Crippen LogP contribution in [-0.4, -0.2) is 10.2 Å². The van der Waals surface area contributed by atoms with Gasteiger partial charge in [0.05, 0.1) is 0 Å². The van der Waals surface area contributed by atoms with Crippen LogP contribution in [0.4, 0.5) is 14.6 Å². The lowest BCUT2D eigenvalue weighted by Gasteiger charge is -2.04. The Bertz CT molecular complexity index is 482. The quantitative estimate of drug-likeness (QED) is 0.847. The van der Waals surface area contributed by atoms with Gasteiger partial charge in [0.2, 0.25) is 5.88 Å². The second-order valence-corrected chi connectivity index (χ2v) is 3.00. The summed E-state index contributed by atoms with van der Waals surface area (Å²) in [5.41, 5.74) is 5.32. The topological polar surface area (TPSA) is 61.0 Å². The molecule has 0 saturated carbocycles. The summed E-state index contributed by atoms with van der Waals surface area (Å²) in [4.78, 5) is 0. The molecule has 6 heteroatoms. The van der Waals surface area contributed by atoms with E-state index in [1.807, 2.05) is 0 Å². The molecule has 1 aromatic carbocycles. The zero-order valence-electron chi connectivity index (χ0n) is 8.02. The number of halogens is 2. The van der Waals surface area contributed by atoms with E-state index in [0.717, 1.165) is 18.2 Å². The molecule has 1 aromatic heterocycles. The molecule has 82 valence electrons. The lowest BCUT2D eigenvalue weighted by molar-refractivity contribution is 0.445. The highest BCUT2D eigenvalue weighted by Gasteiger charge is 2.03. The van der Waals surface area contributed by atoms with E-state index in [9.17, 15) is 8.78 Å². The first-order chi connectivity index (χ1) is 7.63. The van der Waals surface area contributed by atoms with E-state index in [1.54, 1.807) is 0 Å². The Kier molecular flexibility index (Phi) is 2.63. The van der Waals surface area contributed by atoms with Crippen molar-refractivity contribution < 1.29 is 13.5 Å². The summed E-state index contributed by atoms with van der Waals surface area (Å²) in [6, 6.07) is 5.76. The Morgan fingerprint density at radius 2 is 1.69 bits per heavy atom. The summed E-state index contributed by atoms with van der Waals surface area (Å²) in [7, 11) is 0. The van der Waals surface area contributed by atoms with Gasteiger partial charge in [0.15, 0.2) is 0 Å². The molecule has 1 heterocycles. The second-order valence-electron chi connectivity index (χ2n) is 3.00. The van der Waals surface area contributed by atoms with Crippen molar-refractivity contribution in [3.63, 3.8) is 0 Å². The minimum Gasteiger partial charge on any atom is -0.437 e. The molecule has 0 aliphatic carbocycles. The van der Waals surface area contributed by atoms with Gasteiger partial charge in [-0.2, -0.15) is 0 Å². The van der Waals surface area contributed by atoms with Gasteiger partial charge >= 0.3 is 0 Å². The van der Waals surface area contributed by atoms with Gasteiger partial charge in [0.25, 0.3) is 0 Å². The number of ether oxygens (including phenoxy) is 1. The molecule has 0 atom stereocenters. The van der Waals surface area contributed by atoms with Crippen LogP contribution in [0.25, 0.3) is 0 Å². The van der Waals surface area contributed by atoms with E-state index in [-0.39, 0.29) is 17.4 Å². The van der Waals surface area contributed by atoms with Crippen LogP contribution in [0.2, 0.25) is 0 Å². The van der Waals surface area contributed by atoms with Crippen molar-refractivity contribution in [2.45, 2.75) is 0 Å². The smallest absolute Gasteiger partial charge is 0.238 e. The Morgan fingerprint density at radius 1 is 1.00 bits per heavy atom. The van der Waals surface area contributed by atoms with Gasteiger partial charge in [0, 0.05) is 24.3 Å². The molecule has 0 bridgehead atoms. The third-order valence-electron chi connectivity index (χ3n) is 1.72. The third kappa shape index (κ3) is 2.41. The molecule has 4 nitrogen and oxygen atoms in total. The molecule has 0 spiro atoms. The predicted molar refractivity (Wildman–Crippen MR) is 52.9 cm³/mol. The monoisotopic (exact) mass is 223 g/mol. The van der Waals surface area contributed by atoms with Crippen LogP contribution in [0, 0.1) is 11.6 Å². The highest BCUT2D eigenvalue weighted by molar-refractivity contribution is 5.31. The summed E-state index contributed by atoms with van der Waals surface area (Å²) in [5.74, 6) is -1.09. The fourth-order valence-electron chi connectivity index (χ4n) is 1.09. The molecular formula is C10H7F2N3O. The van der Waals surface area contributed by atoms with Crippen LogP contribution in [0.5, 0.6) is 11.6 Å². The van der Waals surface area contributed by atoms with Crippen LogP contribution in [0.1, 0.15) is 0 Å². The highest BCUT2D eigenvalue weighted by atomic mass is 19.1. The number of nitrogens with zero attached hydrogens (tertiary/aromatic N) is 2. The summed E-state index contributed by atoms with van der Waals surface area (Å²) in [5, 5.41) is 7.13. The molecule has 0 unspecified atom stereocenters. The molecular weight excluding hydrogens is 216 g/mol. The molecule has 2 aromatic rings. The van der Waals surface area contributed by atoms with E-state index >= 15 is 0 Å². The molecule has 16 heavy (non-hydrogen) atoms. The minimum absolute atomic E-state index is 0.0107. The van der Waals surface area contributed by atoms with Crippen LogP contribution < -0.4 is 10.5 Å². The standard InChI is InChI=1S/C10H7F2N3O/c11-6-3-7(12)5-8(4-6)16-10-2-1-9(13)14-15-10/h1-5H,(H2,13,14). The van der Waals surface area contributed by atoms with E-state index in [4.69, 9.17) is 10.5 Å². The molecule has 0 fully saturated rings. The van der Waals surface area contributed by atoms with Crippen molar-refractivity contribution in [3.8, 4) is 11.6 Å². The van der Waals surface area contributed by atoms with Crippen molar-refractivity contribution in [2.24, 2.45) is 0 Å². The van der Waals surface area contributed by atoms with Gasteiger partial charge in [-0.05, 0) is 6.07 Å². The van der Waals surface area contributed by atoms with Crippen LogP contribution in [0.3, 0.4) is 0 Å². The first-order valence-electron chi connectivity index (χ1n) is 4.36. The van der Waals surface area contributed by atoms with E-state index in [2.05, 4.69) is 10.2 Å². The molecule has 2 N–H and O–H groups in total. The minimum atomic E-state index is -0.724. The predicted octanol–water partition coefficient (Wildman–Crippen LogP) is 2.13. The van der Waals surface area contributed by atoms with E-state index in [0.29, 0.717) is 0 Å². The number of aromatic nitrogens is 2. The Hall–Kier alpha value is -2.24. The van der Waals surface area contributed by atoms with Gasteiger partial charge in [-0.15, -0.1) is 10.2 Å². The number of hydrogen-bond donors (Lipinski definition) is 1. The normalized spacial score (nSPS) is 10.1. The molecule has 0 aliphatic rings. The first-order valence-corrected chi connectivity index (χ1v) is 4.36. The lowest BCUT2D eigenvalue weighted by atomic mass is 10.3. The highest BCUT2D eigenvalue weighted by Crippen LogP contribution is 2.21. The maximum atomic E-state index is 12.8. The second kappa shape index (κ2) is 4.09. The zero-order chi connectivity index (χ0) is 11.5. The third-order valence-corrected chi connectivity index (χ3v) is 1.72. The summed E-state index contributed by atoms with van der Waals surface area (Å²) < 4.78 is 30.7. The Labute approximate surface area is 89.7 Å². The maximum absolute atomic E-state index is 12.8. The number of hydrogen-bond acceptors (Lipinski definition) is 4. The van der Waals surface area contributed by atoms with Crippen LogP contribution >= 0.6 is 0 Å². The van der Waals surface area contributed by atoms with Gasteiger partial charge in [-0.3, -0.25) is 0 Å². The van der Waals surface area contributed by atoms with Crippen molar-refractivity contribution in [2.75, 3.05) is 5.73 Å². The maximum Gasteiger partial charge on any atom is 0.238 e. The summed E-state index contributed by atoms with van der Waals surface area (Å²) >= 11 is 0. The van der Waals surface area contributed by atoms with Crippen molar-refractivity contribution >= 4 is 5.82 Å². The fraction of sp³-hybridized carbons (Fsp3) is 0. The van der Waals surface area contributed by atoms with Gasteiger partial charge in [-0.25, -0.2) is 8.78 Å². The van der Waals surface area contributed by atoms with E-state index < -0.39 is 11.6 Å². The van der Waals surface area contributed by atoms with Crippen LogP contribution in [0.15, 0.2) is 30.3 Å². The van der Waals surface area contributed by atoms with Gasteiger partial charge < -0.3 is 10.5 Å². The fourth-order valence-corrected chi connectivity index (χ4v) is 1.09. The number of nitrogen functional groups attached to an aromatic ring is 1. The van der Waals surface area contributed by atoms with Crippen LogP contribution in [-0.2, 0) is 0 Å². The molecule has 0 radical (unpaired) electrons. The number of nitrogens with two attached hydrogens (primary N) is 1. The van der Waals surface area contributed by atoms with Crippen molar-refractivity contribution in [1.82, 2.24) is 10.2 Å². The van der Waals surface area contributed by atoms with Crippen molar-refractivity contribution in [3.05, 3.63) is 42.0 Å². The zero-order valence-corrected chi connectivity index (χ0v) is 8.02. The average Bonchev–Trinajstić information content (AvgIpc) is 2.20. The number of anilines is 1. The summed E-state index contributed by atoms with van der Waals surface area (Å²) in [6.07, 6.45) is 0. The van der Waals surface area contributed by atoms with Gasteiger partial charge in [0.1, 0.15) is 23.2 Å². The SMILES string of the molecule is Nc1ccc(Oc2cc(F)cc(F)c2)nn1. The summed E-state index contributed by atoms with van der Waals surface area (Å²) in [6.45, 7) is 0. The van der Waals surface area contributed by atoms with E-state index in [1.165, 1.54) is 12.1 Å². The number of benzene rings is 1. The first kappa shape index (κ1) is 10.3. The number of rotatable bonds is 2. The largest absolute Gasteiger partial charge is 0.437 e.